The average Bonchev–Trinajstić information content (AvgIpc) is 2.44. The Morgan fingerprint density at radius 2 is 1.65 bits per heavy atom. The first-order valence-corrected chi connectivity index (χ1v) is 6.82. The Morgan fingerprint density at radius 3 is 2.25 bits per heavy atom. The summed E-state index contributed by atoms with van der Waals surface area (Å²) in [6.45, 7) is 5.00. The van der Waals surface area contributed by atoms with Crippen LogP contribution in [0.15, 0.2) is 48.5 Å². The predicted octanol–water partition coefficient (Wildman–Crippen LogP) is 4.82. The Hall–Kier alpha value is -1.90. The Bertz CT molecular complexity index is 552. The molecule has 2 aromatic carbocycles. The molecule has 0 aromatic heterocycles. The summed E-state index contributed by atoms with van der Waals surface area (Å²) in [5, 5.41) is 3.19. The van der Waals surface area contributed by atoms with Gasteiger partial charge in [0.25, 0.3) is 0 Å². The van der Waals surface area contributed by atoms with Crippen molar-refractivity contribution in [2.45, 2.75) is 19.8 Å². The third-order valence-corrected chi connectivity index (χ3v) is 3.48. The van der Waals surface area contributed by atoms with Gasteiger partial charge in [-0.15, -0.1) is 0 Å². The zero-order valence-corrected chi connectivity index (χ0v) is 11.7. The van der Waals surface area contributed by atoms with Crippen LogP contribution in [0.2, 0.25) is 0 Å². The maximum atomic E-state index is 13.2. The van der Waals surface area contributed by atoms with Crippen molar-refractivity contribution in [1.29, 1.82) is 0 Å². The van der Waals surface area contributed by atoms with Crippen molar-refractivity contribution in [3.8, 4) is 0 Å². The molecule has 0 radical (unpaired) electrons. The second kappa shape index (κ2) is 6.51. The van der Waals surface area contributed by atoms with Crippen LogP contribution in [-0.2, 0) is 0 Å². The van der Waals surface area contributed by atoms with Crippen LogP contribution in [0.4, 0.5) is 14.5 Å². The lowest BCUT2D eigenvalue weighted by molar-refractivity contribution is 0.506. The highest BCUT2D eigenvalue weighted by atomic mass is 19.2. The SMILES string of the molecule is CC(C)C(CNc1ccc(F)c(F)c1)c1ccccc1. The minimum atomic E-state index is -0.823. The molecule has 0 saturated carbocycles. The summed E-state index contributed by atoms with van der Waals surface area (Å²) in [7, 11) is 0. The van der Waals surface area contributed by atoms with Crippen LogP contribution in [0.25, 0.3) is 0 Å². The van der Waals surface area contributed by atoms with Crippen LogP contribution in [0.3, 0.4) is 0 Å². The fourth-order valence-corrected chi connectivity index (χ4v) is 2.27. The van der Waals surface area contributed by atoms with Gasteiger partial charge in [-0.1, -0.05) is 44.2 Å². The zero-order chi connectivity index (χ0) is 14.5. The molecule has 0 amide bonds. The molecule has 20 heavy (non-hydrogen) atoms. The molecule has 1 unspecified atom stereocenters. The minimum Gasteiger partial charge on any atom is -0.384 e. The number of benzene rings is 2. The molecule has 106 valence electrons. The molecule has 0 fully saturated rings. The molecule has 2 aromatic rings. The molecule has 0 saturated heterocycles. The second-order valence-electron chi connectivity index (χ2n) is 5.27. The van der Waals surface area contributed by atoms with Crippen molar-refractivity contribution < 1.29 is 8.78 Å². The van der Waals surface area contributed by atoms with E-state index < -0.39 is 11.6 Å². The maximum absolute atomic E-state index is 13.2. The van der Waals surface area contributed by atoms with Crippen molar-refractivity contribution in [3.63, 3.8) is 0 Å². The van der Waals surface area contributed by atoms with E-state index in [1.165, 1.54) is 11.6 Å². The lowest BCUT2D eigenvalue weighted by atomic mass is 9.88. The maximum Gasteiger partial charge on any atom is 0.160 e. The fourth-order valence-electron chi connectivity index (χ4n) is 2.27. The van der Waals surface area contributed by atoms with Crippen LogP contribution >= 0.6 is 0 Å². The fraction of sp³-hybridized carbons (Fsp3) is 0.294. The Labute approximate surface area is 118 Å². The lowest BCUT2D eigenvalue weighted by Gasteiger charge is -2.22. The van der Waals surface area contributed by atoms with E-state index in [0.29, 0.717) is 24.1 Å². The molecular weight excluding hydrogens is 256 g/mol. The number of hydrogen-bond donors (Lipinski definition) is 1. The predicted molar refractivity (Wildman–Crippen MR) is 78.9 cm³/mol. The van der Waals surface area contributed by atoms with Gasteiger partial charge in [-0.25, -0.2) is 8.78 Å². The molecule has 0 heterocycles. The van der Waals surface area contributed by atoms with Gasteiger partial charge in [-0.05, 0) is 29.7 Å². The van der Waals surface area contributed by atoms with E-state index >= 15 is 0 Å². The summed E-state index contributed by atoms with van der Waals surface area (Å²) >= 11 is 0. The minimum absolute atomic E-state index is 0.323. The van der Waals surface area contributed by atoms with Crippen molar-refractivity contribution in [2.75, 3.05) is 11.9 Å². The number of anilines is 1. The highest BCUT2D eigenvalue weighted by molar-refractivity contribution is 5.44. The highest BCUT2D eigenvalue weighted by Gasteiger charge is 2.15. The van der Waals surface area contributed by atoms with E-state index in [0.717, 1.165) is 6.07 Å². The molecule has 2 rings (SSSR count). The van der Waals surface area contributed by atoms with Crippen LogP contribution in [0.5, 0.6) is 0 Å². The average molecular weight is 275 g/mol. The number of halogens is 2. The summed E-state index contributed by atoms with van der Waals surface area (Å²) in [5.74, 6) is -0.866. The Kier molecular flexibility index (Phi) is 4.72. The van der Waals surface area contributed by atoms with Gasteiger partial charge in [-0.2, -0.15) is 0 Å². The van der Waals surface area contributed by atoms with Gasteiger partial charge in [0.15, 0.2) is 11.6 Å². The van der Waals surface area contributed by atoms with Crippen molar-refractivity contribution in [3.05, 3.63) is 65.7 Å². The molecule has 0 aliphatic rings. The number of nitrogens with one attached hydrogen (secondary N) is 1. The molecule has 1 nitrogen and oxygen atoms in total. The summed E-state index contributed by atoms with van der Waals surface area (Å²) in [6.07, 6.45) is 0. The van der Waals surface area contributed by atoms with Gasteiger partial charge in [0, 0.05) is 18.2 Å². The van der Waals surface area contributed by atoms with Crippen LogP contribution in [-0.4, -0.2) is 6.54 Å². The molecule has 0 bridgehead atoms. The standard InChI is InChI=1S/C17H19F2N/c1-12(2)15(13-6-4-3-5-7-13)11-20-14-8-9-16(18)17(19)10-14/h3-10,12,15,20H,11H2,1-2H3. The summed E-state index contributed by atoms with van der Waals surface area (Å²) in [5.41, 5.74) is 1.85. The largest absolute Gasteiger partial charge is 0.384 e. The summed E-state index contributed by atoms with van der Waals surface area (Å²) in [6, 6.07) is 14.1. The van der Waals surface area contributed by atoms with Gasteiger partial charge < -0.3 is 5.32 Å². The van der Waals surface area contributed by atoms with Crippen LogP contribution < -0.4 is 5.32 Å². The Balaban J connectivity index is 2.08. The van der Waals surface area contributed by atoms with E-state index in [1.54, 1.807) is 6.07 Å². The summed E-state index contributed by atoms with van der Waals surface area (Å²) in [4.78, 5) is 0. The normalized spacial score (nSPS) is 12.4. The molecule has 1 atom stereocenters. The van der Waals surface area contributed by atoms with Crippen molar-refractivity contribution >= 4 is 5.69 Å². The van der Waals surface area contributed by atoms with Gasteiger partial charge >= 0.3 is 0 Å². The molecule has 0 aliphatic heterocycles. The lowest BCUT2D eigenvalue weighted by Crippen LogP contribution is -2.17. The van der Waals surface area contributed by atoms with Crippen molar-refractivity contribution in [1.82, 2.24) is 0 Å². The van der Waals surface area contributed by atoms with Gasteiger partial charge in [0.1, 0.15) is 0 Å². The van der Waals surface area contributed by atoms with Crippen LogP contribution in [0, 0.1) is 17.6 Å². The van der Waals surface area contributed by atoms with E-state index in [9.17, 15) is 8.78 Å². The first-order valence-electron chi connectivity index (χ1n) is 6.82. The molecule has 1 N–H and O–H groups in total. The van der Waals surface area contributed by atoms with E-state index in [4.69, 9.17) is 0 Å². The van der Waals surface area contributed by atoms with E-state index in [1.807, 2.05) is 18.2 Å². The Morgan fingerprint density at radius 1 is 0.950 bits per heavy atom. The van der Waals surface area contributed by atoms with Gasteiger partial charge in [-0.3, -0.25) is 0 Å². The smallest absolute Gasteiger partial charge is 0.160 e. The van der Waals surface area contributed by atoms with Crippen molar-refractivity contribution in [2.24, 2.45) is 5.92 Å². The van der Waals surface area contributed by atoms with E-state index in [-0.39, 0.29) is 0 Å². The number of hydrogen-bond acceptors (Lipinski definition) is 1. The monoisotopic (exact) mass is 275 g/mol. The zero-order valence-electron chi connectivity index (χ0n) is 11.7. The topological polar surface area (TPSA) is 12.0 Å². The quantitative estimate of drug-likeness (QED) is 0.825. The molecular formula is C17H19F2N. The third-order valence-electron chi connectivity index (χ3n) is 3.48. The second-order valence-corrected chi connectivity index (χ2v) is 5.27. The number of rotatable bonds is 5. The van der Waals surface area contributed by atoms with Gasteiger partial charge in [0.05, 0.1) is 0 Å². The first-order chi connectivity index (χ1) is 9.58. The highest BCUT2D eigenvalue weighted by Crippen LogP contribution is 2.25. The molecule has 3 heteroatoms. The molecule has 0 spiro atoms. The van der Waals surface area contributed by atoms with E-state index in [2.05, 4.69) is 31.3 Å². The summed E-state index contributed by atoms with van der Waals surface area (Å²) < 4.78 is 26.1. The van der Waals surface area contributed by atoms with Crippen LogP contribution in [0.1, 0.15) is 25.3 Å². The third kappa shape index (κ3) is 3.56. The first kappa shape index (κ1) is 14.5. The molecule has 0 aliphatic carbocycles. The van der Waals surface area contributed by atoms with Gasteiger partial charge in [0.2, 0.25) is 0 Å².